The van der Waals surface area contributed by atoms with E-state index in [2.05, 4.69) is 10.3 Å². The molecule has 0 unspecified atom stereocenters. The Labute approximate surface area is 132 Å². The Bertz CT molecular complexity index is 779. The minimum Gasteiger partial charge on any atom is -0.348 e. The summed E-state index contributed by atoms with van der Waals surface area (Å²) in [6, 6.07) is 8.32. The van der Waals surface area contributed by atoms with Crippen molar-refractivity contribution in [3.8, 4) is 0 Å². The van der Waals surface area contributed by atoms with Gasteiger partial charge < -0.3 is 10.3 Å². The van der Waals surface area contributed by atoms with Gasteiger partial charge in [-0.05, 0) is 37.6 Å². The molecule has 1 amide bonds. The third-order valence-corrected chi connectivity index (χ3v) is 3.48. The van der Waals surface area contributed by atoms with E-state index in [1.807, 2.05) is 0 Å². The van der Waals surface area contributed by atoms with E-state index in [-0.39, 0.29) is 17.9 Å². The summed E-state index contributed by atoms with van der Waals surface area (Å²) < 4.78 is 0. The summed E-state index contributed by atoms with van der Waals surface area (Å²) in [6.45, 7) is 3.27. The number of carbonyl (C=O) groups excluding carboxylic acids is 2. The minimum atomic E-state index is -0.529. The van der Waals surface area contributed by atoms with Crippen molar-refractivity contribution < 1.29 is 9.59 Å². The number of aryl methyl sites for hydroxylation is 1. The third-order valence-electron chi connectivity index (χ3n) is 3.23. The van der Waals surface area contributed by atoms with Crippen LogP contribution in [0.2, 0.25) is 5.02 Å². The Balaban J connectivity index is 2.19. The summed E-state index contributed by atoms with van der Waals surface area (Å²) >= 11 is 5.79. The lowest BCUT2D eigenvalue weighted by atomic mass is 10.1. The zero-order chi connectivity index (χ0) is 16.3. The fourth-order valence-corrected chi connectivity index (χ4v) is 2.16. The van der Waals surface area contributed by atoms with Crippen molar-refractivity contribution in [1.29, 1.82) is 0 Å². The van der Waals surface area contributed by atoms with E-state index in [0.29, 0.717) is 16.3 Å². The molecule has 0 saturated carbocycles. The first-order chi connectivity index (χ1) is 10.4. The molecule has 0 aliphatic rings. The largest absolute Gasteiger partial charge is 0.348 e. The number of carbonyl (C=O) groups is 2. The normalized spacial score (nSPS) is 10.3. The Hall–Kier alpha value is -2.40. The Morgan fingerprint density at radius 1 is 1.18 bits per heavy atom. The van der Waals surface area contributed by atoms with Crippen LogP contribution in [0.4, 0.5) is 0 Å². The number of benzene rings is 1. The van der Waals surface area contributed by atoms with Gasteiger partial charge in [-0.3, -0.25) is 14.4 Å². The number of aromatic nitrogens is 1. The summed E-state index contributed by atoms with van der Waals surface area (Å²) in [5.74, 6) is -0.737. The van der Waals surface area contributed by atoms with Crippen LogP contribution < -0.4 is 10.9 Å². The van der Waals surface area contributed by atoms with Gasteiger partial charge in [0.1, 0.15) is 5.56 Å². The van der Waals surface area contributed by atoms with Crippen LogP contribution in [0.3, 0.4) is 0 Å². The first-order valence-corrected chi connectivity index (χ1v) is 7.04. The van der Waals surface area contributed by atoms with E-state index in [4.69, 9.17) is 11.6 Å². The molecule has 5 nitrogen and oxygen atoms in total. The average Bonchev–Trinajstić information content (AvgIpc) is 2.46. The molecular formula is C16H15ClN2O3. The van der Waals surface area contributed by atoms with Crippen LogP contribution in [-0.4, -0.2) is 16.7 Å². The highest BCUT2D eigenvalue weighted by Gasteiger charge is 2.15. The van der Waals surface area contributed by atoms with Gasteiger partial charge in [-0.25, -0.2) is 0 Å². The highest BCUT2D eigenvalue weighted by atomic mass is 35.5. The van der Waals surface area contributed by atoms with Crippen molar-refractivity contribution >= 4 is 23.3 Å². The SMILES string of the molecule is CC(=O)c1cc(C(=O)NCc2ccc(Cl)cc2)c(=O)[nH]c1C. The van der Waals surface area contributed by atoms with E-state index in [0.717, 1.165) is 5.56 Å². The van der Waals surface area contributed by atoms with Crippen molar-refractivity contribution in [2.45, 2.75) is 20.4 Å². The molecule has 0 spiro atoms. The van der Waals surface area contributed by atoms with E-state index in [9.17, 15) is 14.4 Å². The van der Waals surface area contributed by atoms with Crippen molar-refractivity contribution in [2.24, 2.45) is 0 Å². The van der Waals surface area contributed by atoms with E-state index in [1.54, 1.807) is 31.2 Å². The van der Waals surface area contributed by atoms with Gasteiger partial charge in [0.05, 0.1) is 0 Å². The number of nitrogens with one attached hydrogen (secondary N) is 2. The predicted octanol–water partition coefficient (Wildman–Crippen LogP) is 2.47. The van der Waals surface area contributed by atoms with Crippen LogP contribution in [0, 0.1) is 6.92 Å². The summed E-state index contributed by atoms with van der Waals surface area (Å²) in [7, 11) is 0. The van der Waals surface area contributed by atoms with Crippen molar-refractivity contribution in [3.05, 3.63) is 68.1 Å². The lowest BCUT2D eigenvalue weighted by Gasteiger charge is -2.07. The Morgan fingerprint density at radius 3 is 2.41 bits per heavy atom. The van der Waals surface area contributed by atoms with Gasteiger partial charge in [-0.1, -0.05) is 23.7 Å². The molecule has 2 N–H and O–H groups in total. The fourth-order valence-electron chi connectivity index (χ4n) is 2.04. The molecule has 2 aromatic rings. The molecule has 0 atom stereocenters. The molecule has 1 aromatic carbocycles. The number of aromatic amines is 1. The van der Waals surface area contributed by atoms with Gasteiger partial charge in [0.15, 0.2) is 5.78 Å². The number of hydrogen-bond acceptors (Lipinski definition) is 3. The number of hydrogen-bond donors (Lipinski definition) is 2. The zero-order valence-corrected chi connectivity index (χ0v) is 13.0. The molecule has 0 fully saturated rings. The molecule has 0 aliphatic carbocycles. The summed E-state index contributed by atoms with van der Waals surface area (Å²) in [5, 5.41) is 3.26. The molecule has 1 aromatic heterocycles. The van der Waals surface area contributed by atoms with E-state index >= 15 is 0 Å². The molecule has 0 bridgehead atoms. The van der Waals surface area contributed by atoms with E-state index in [1.165, 1.54) is 13.0 Å². The molecule has 114 valence electrons. The average molecular weight is 319 g/mol. The van der Waals surface area contributed by atoms with Gasteiger partial charge in [0.25, 0.3) is 11.5 Å². The predicted molar refractivity (Wildman–Crippen MR) is 84.4 cm³/mol. The number of rotatable bonds is 4. The second kappa shape index (κ2) is 6.58. The van der Waals surface area contributed by atoms with Gasteiger partial charge >= 0.3 is 0 Å². The number of amides is 1. The van der Waals surface area contributed by atoms with Crippen molar-refractivity contribution in [1.82, 2.24) is 10.3 Å². The number of pyridine rings is 1. The molecule has 1 heterocycles. The molecule has 6 heteroatoms. The first-order valence-electron chi connectivity index (χ1n) is 6.66. The summed E-state index contributed by atoms with van der Waals surface area (Å²) in [6.07, 6.45) is 0. The molecular weight excluding hydrogens is 304 g/mol. The molecule has 0 radical (unpaired) electrons. The topological polar surface area (TPSA) is 79.0 Å². The lowest BCUT2D eigenvalue weighted by molar-refractivity contribution is 0.0949. The fraction of sp³-hybridized carbons (Fsp3) is 0.188. The van der Waals surface area contributed by atoms with Crippen LogP contribution in [0.5, 0.6) is 0 Å². The molecule has 2 rings (SSSR count). The number of Topliss-reactive ketones (excluding diaryl/α,β-unsaturated/α-hetero) is 1. The van der Waals surface area contributed by atoms with Crippen molar-refractivity contribution in [2.75, 3.05) is 0 Å². The molecule has 0 aliphatic heterocycles. The highest BCUT2D eigenvalue weighted by Crippen LogP contribution is 2.10. The van der Waals surface area contributed by atoms with Crippen LogP contribution in [0.15, 0.2) is 35.1 Å². The Kier molecular flexibility index (Phi) is 4.78. The molecule has 22 heavy (non-hydrogen) atoms. The minimum absolute atomic E-state index is 0.0789. The van der Waals surface area contributed by atoms with Gasteiger partial charge in [-0.15, -0.1) is 0 Å². The van der Waals surface area contributed by atoms with E-state index < -0.39 is 11.5 Å². The quantitative estimate of drug-likeness (QED) is 0.850. The second-order valence-corrected chi connectivity index (χ2v) is 5.35. The van der Waals surface area contributed by atoms with Gasteiger partial charge in [-0.2, -0.15) is 0 Å². The first kappa shape index (κ1) is 16.0. The lowest BCUT2D eigenvalue weighted by Crippen LogP contribution is -2.30. The van der Waals surface area contributed by atoms with Crippen LogP contribution >= 0.6 is 11.6 Å². The Morgan fingerprint density at radius 2 is 1.82 bits per heavy atom. The number of H-pyrrole nitrogens is 1. The molecule has 0 saturated heterocycles. The number of halogens is 1. The maximum absolute atomic E-state index is 12.1. The maximum atomic E-state index is 12.1. The number of ketones is 1. The maximum Gasteiger partial charge on any atom is 0.261 e. The monoisotopic (exact) mass is 318 g/mol. The van der Waals surface area contributed by atoms with Gasteiger partial charge in [0.2, 0.25) is 0 Å². The van der Waals surface area contributed by atoms with Crippen molar-refractivity contribution in [3.63, 3.8) is 0 Å². The standard InChI is InChI=1S/C16H15ClN2O3/c1-9-13(10(2)20)7-14(16(22)19-9)15(21)18-8-11-3-5-12(17)6-4-11/h3-7H,8H2,1-2H3,(H,18,21)(H,19,22). The highest BCUT2D eigenvalue weighted by molar-refractivity contribution is 6.30. The van der Waals surface area contributed by atoms with Gasteiger partial charge in [0, 0.05) is 22.8 Å². The summed E-state index contributed by atoms with van der Waals surface area (Å²) in [4.78, 5) is 38.0. The zero-order valence-electron chi connectivity index (χ0n) is 12.2. The second-order valence-electron chi connectivity index (χ2n) is 4.92. The van der Waals surface area contributed by atoms with Crippen LogP contribution in [-0.2, 0) is 6.54 Å². The van der Waals surface area contributed by atoms with Crippen LogP contribution in [0.25, 0.3) is 0 Å². The summed E-state index contributed by atoms with van der Waals surface area (Å²) in [5.41, 5.74) is 1.04. The third kappa shape index (κ3) is 3.62. The van der Waals surface area contributed by atoms with Crippen LogP contribution in [0.1, 0.15) is 38.9 Å². The smallest absolute Gasteiger partial charge is 0.261 e.